The molecule has 1 aliphatic heterocycles. The third kappa shape index (κ3) is 4.09. The van der Waals surface area contributed by atoms with Crippen molar-refractivity contribution in [3.63, 3.8) is 0 Å². The topological polar surface area (TPSA) is 84.9 Å². The van der Waals surface area contributed by atoms with Crippen molar-refractivity contribution in [1.29, 1.82) is 0 Å². The van der Waals surface area contributed by atoms with Gasteiger partial charge in [0.25, 0.3) is 5.91 Å². The molecule has 150 valence electrons. The van der Waals surface area contributed by atoms with Crippen LogP contribution in [0.5, 0.6) is 11.5 Å². The maximum absolute atomic E-state index is 12.9. The van der Waals surface area contributed by atoms with Crippen LogP contribution in [0.25, 0.3) is 0 Å². The highest BCUT2D eigenvalue weighted by Crippen LogP contribution is 2.31. The Bertz CT molecular complexity index is 988. The van der Waals surface area contributed by atoms with E-state index in [1.807, 2.05) is 0 Å². The minimum Gasteiger partial charge on any atom is -0.495 e. The number of nitrogens with zero attached hydrogens (tertiary/aromatic N) is 1. The van der Waals surface area contributed by atoms with Crippen molar-refractivity contribution in [3.05, 3.63) is 47.0 Å². The molecule has 1 N–H and O–H groups in total. The molecule has 9 heteroatoms. The summed E-state index contributed by atoms with van der Waals surface area (Å²) in [6, 6.07) is 9.18. The van der Waals surface area contributed by atoms with Crippen molar-refractivity contribution in [3.8, 4) is 11.5 Å². The lowest BCUT2D eigenvalue weighted by Crippen LogP contribution is -2.28. The molecule has 2 aromatic carbocycles. The van der Waals surface area contributed by atoms with E-state index in [1.54, 1.807) is 18.2 Å². The number of hydrogen-bond donors (Lipinski definition) is 1. The summed E-state index contributed by atoms with van der Waals surface area (Å²) in [7, 11) is -0.836. The van der Waals surface area contributed by atoms with Gasteiger partial charge in [0, 0.05) is 24.3 Å². The third-order valence-electron chi connectivity index (χ3n) is 4.52. The SMILES string of the molecule is COc1ccc(NC(=O)c2ccc(OC)c(S(=O)(=O)N3CCCC3)c2)cc1Cl. The molecule has 1 saturated heterocycles. The lowest BCUT2D eigenvalue weighted by Gasteiger charge is -2.18. The molecule has 7 nitrogen and oxygen atoms in total. The van der Waals surface area contributed by atoms with Crippen LogP contribution in [0.3, 0.4) is 0 Å². The van der Waals surface area contributed by atoms with Crippen LogP contribution < -0.4 is 14.8 Å². The molecule has 0 bridgehead atoms. The summed E-state index contributed by atoms with van der Waals surface area (Å²) >= 11 is 6.08. The molecule has 0 unspecified atom stereocenters. The molecule has 1 aliphatic rings. The number of ether oxygens (including phenoxy) is 2. The Morgan fingerprint density at radius 1 is 1.04 bits per heavy atom. The predicted molar refractivity (Wildman–Crippen MR) is 107 cm³/mol. The number of halogens is 1. The Kier molecular flexibility index (Phi) is 6.12. The first kappa shape index (κ1) is 20.4. The second-order valence-electron chi connectivity index (χ2n) is 6.28. The van der Waals surface area contributed by atoms with E-state index in [0.717, 1.165) is 12.8 Å². The first-order valence-electron chi connectivity index (χ1n) is 8.70. The summed E-state index contributed by atoms with van der Waals surface area (Å²) < 4.78 is 37.6. The summed E-state index contributed by atoms with van der Waals surface area (Å²) in [5, 5.41) is 3.06. The number of amides is 1. The van der Waals surface area contributed by atoms with Crippen molar-refractivity contribution in [2.75, 3.05) is 32.6 Å². The normalized spacial score (nSPS) is 14.7. The fourth-order valence-electron chi connectivity index (χ4n) is 3.03. The second-order valence-corrected chi connectivity index (χ2v) is 8.59. The quantitative estimate of drug-likeness (QED) is 0.768. The highest BCUT2D eigenvalue weighted by molar-refractivity contribution is 7.89. The lowest BCUT2D eigenvalue weighted by molar-refractivity contribution is 0.102. The molecular formula is C19H21ClN2O5S. The molecule has 1 amide bonds. The Morgan fingerprint density at radius 2 is 1.68 bits per heavy atom. The minimum absolute atomic E-state index is 0.0164. The van der Waals surface area contributed by atoms with Crippen molar-refractivity contribution in [2.45, 2.75) is 17.7 Å². The molecule has 1 fully saturated rings. The largest absolute Gasteiger partial charge is 0.495 e. The molecule has 2 aromatic rings. The average Bonchev–Trinajstić information content (AvgIpc) is 3.23. The van der Waals surface area contributed by atoms with E-state index < -0.39 is 15.9 Å². The van der Waals surface area contributed by atoms with Crippen LogP contribution in [-0.4, -0.2) is 45.9 Å². The Balaban J connectivity index is 1.90. The number of anilines is 1. The number of methoxy groups -OCH3 is 2. The zero-order chi connectivity index (χ0) is 20.3. The number of hydrogen-bond acceptors (Lipinski definition) is 5. The van der Waals surface area contributed by atoms with E-state index in [-0.39, 0.29) is 16.2 Å². The summed E-state index contributed by atoms with van der Waals surface area (Å²) in [5.74, 6) is 0.237. The van der Waals surface area contributed by atoms with Gasteiger partial charge in [-0.1, -0.05) is 11.6 Å². The van der Waals surface area contributed by atoms with Gasteiger partial charge in [-0.25, -0.2) is 8.42 Å². The molecule has 0 radical (unpaired) electrons. The first-order chi connectivity index (χ1) is 13.4. The molecule has 1 heterocycles. The zero-order valence-electron chi connectivity index (χ0n) is 15.6. The number of carbonyl (C=O) groups excluding carboxylic acids is 1. The maximum atomic E-state index is 12.9. The number of sulfonamides is 1. The molecule has 0 saturated carbocycles. The minimum atomic E-state index is -3.74. The molecule has 0 atom stereocenters. The van der Waals surface area contributed by atoms with Gasteiger partial charge in [-0.05, 0) is 49.2 Å². The fraction of sp³-hybridized carbons (Fsp3) is 0.316. The van der Waals surface area contributed by atoms with Crippen LogP contribution in [0.4, 0.5) is 5.69 Å². The monoisotopic (exact) mass is 424 g/mol. The summed E-state index contributed by atoms with van der Waals surface area (Å²) in [5.41, 5.74) is 0.668. The van der Waals surface area contributed by atoms with Gasteiger partial charge >= 0.3 is 0 Å². The van der Waals surface area contributed by atoms with E-state index in [1.165, 1.54) is 36.7 Å². The van der Waals surface area contributed by atoms with Crippen molar-refractivity contribution >= 4 is 33.2 Å². The van der Waals surface area contributed by atoms with Crippen LogP contribution in [0, 0.1) is 0 Å². The highest BCUT2D eigenvalue weighted by atomic mass is 35.5. The molecule has 0 spiro atoms. The van der Waals surface area contributed by atoms with Crippen LogP contribution in [0.15, 0.2) is 41.3 Å². The van der Waals surface area contributed by atoms with Gasteiger partial charge in [-0.15, -0.1) is 0 Å². The zero-order valence-corrected chi connectivity index (χ0v) is 17.1. The highest BCUT2D eigenvalue weighted by Gasteiger charge is 2.30. The van der Waals surface area contributed by atoms with Gasteiger partial charge in [0.2, 0.25) is 10.0 Å². The van der Waals surface area contributed by atoms with E-state index in [2.05, 4.69) is 5.32 Å². The maximum Gasteiger partial charge on any atom is 0.255 e. The fourth-order valence-corrected chi connectivity index (χ4v) is 4.99. The van der Waals surface area contributed by atoms with Crippen LogP contribution in [0.2, 0.25) is 5.02 Å². The van der Waals surface area contributed by atoms with Gasteiger partial charge in [0.1, 0.15) is 16.4 Å². The molecule has 0 aromatic heterocycles. The molecule has 3 rings (SSSR count). The van der Waals surface area contributed by atoms with Crippen LogP contribution >= 0.6 is 11.6 Å². The van der Waals surface area contributed by atoms with Gasteiger partial charge in [0.05, 0.1) is 19.2 Å². The van der Waals surface area contributed by atoms with Gasteiger partial charge in [-0.3, -0.25) is 4.79 Å². The van der Waals surface area contributed by atoms with E-state index in [4.69, 9.17) is 21.1 Å². The number of benzene rings is 2. The molecule has 0 aliphatic carbocycles. The van der Waals surface area contributed by atoms with Crippen LogP contribution in [-0.2, 0) is 10.0 Å². The van der Waals surface area contributed by atoms with Gasteiger partial charge in [0.15, 0.2) is 0 Å². The average molecular weight is 425 g/mol. The summed E-state index contributed by atoms with van der Waals surface area (Å²) in [6.07, 6.45) is 1.64. The molecular weight excluding hydrogens is 404 g/mol. The second kappa shape index (κ2) is 8.38. The van der Waals surface area contributed by atoms with Crippen molar-refractivity contribution in [2.24, 2.45) is 0 Å². The van der Waals surface area contributed by atoms with E-state index in [9.17, 15) is 13.2 Å². The van der Waals surface area contributed by atoms with E-state index >= 15 is 0 Å². The van der Waals surface area contributed by atoms with Gasteiger partial charge in [-0.2, -0.15) is 4.31 Å². The van der Waals surface area contributed by atoms with Crippen LogP contribution in [0.1, 0.15) is 23.2 Å². The number of nitrogens with one attached hydrogen (secondary N) is 1. The Hall–Kier alpha value is -2.29. The first-order valence-corrected chi connectivity index (χ1v) is 10.5. The van der Waals surface area contributed by atoms with E-state index in [0.29, 0.717) is 29.5 Å². The van der Waals surface area contributed by atoms with Crippen molar-refractivity contribution in [1.82, 2.24) is 4.31 Å². The molecule has 28 heavy (non-hydrogen) atoms. The van der Waals surface area contributed by atoms with Crippen molar-refractivity contribution < 1.29 is 22.7 Å². The standard InChI is InChI=1S/C19H21ClN2O5S/c1-26-16-8-6-14(12-15(16)20)21-19(23)13-5-7-17(27-2)18(11-13)28(24,25)22-9-3-4-10-22/h5-8,11-12H,3-4,9-10H2,1-2H3,(H,21,23). The Morgan fingerprint density at radius 3 is 2.29 bits per heavy atom. The smallest absolute Gasteiger partial charge is 0.255 e. The number of rotatable bonds is 6. The van der Waals surface area contributed by atoms with Gasteiger partial charge < -0.3 is 14.8 Å². The summed E-state index contributed by atoms with van der Waals surface area (Å²) in [4.78, 5) is 12.6. The number of carbonyl (C=O) groups is 1. The predicted octanol–water partition coefficient (Wildman–Crippen LogP) is 3.39. The third-order valence-corrected chi connectivity index (χ3v) is 6.73. The summed E-state index contributed by atoms with van der Waals surface area (Å²) in [6.45, 7) is 0.929. The lowest BCUT2D eigenvalue weighted by atomic mass is 10.2. The Labute approximate surface area is 169 Å².